The van der Waals surface area contributed by atoms with Crippen LogP contribution in [-0.2, 0) is 25.7 Å². The summed E-state index contributed by atoms with van der Waals surface area (Å²) in [5, 5.41) is 0. The van der Waals surface area contributed by atoms with Crippen LogP contribution >= 0.6 is 0 Å². The van der Waals surface area contributed by atoms with Crippen LogP contribution in [0.5, 0.6) is 0 Å². The van der Waals surface area contributed by atoms with Crippen LogP contribution in [0.4, 0.5) is 0 Å². The van der Waals surface area contributed by atoms with Crippen molar-refractivity contribution < 1.29 is 25.7 Å². The van der Waals surface area contributed by atoms with Crippen LogP contribution in [-0.4, -0.2) is 51.4 Å². The van der Waals surface area contributed by atoms with E-state index in [9.17, 15) is 0 Å². The van der Waals surface area contributed by atoms with E-state index >= 15 is 0 Å². The average Bonchev–Trinajstić information content (AvgIpc) is 0.918. The molecule has 0 unspecified atom stereocenters. The topological polar surface area (TPSA) is 34.1 Å². The third-order valence-electron chi connectivity index (χ3n) is 0. The van der Waals surface area contributed by atoms with Gasteiger partial charge in [-0.2, -0.15) is 0 Å². The van der Waals surface area contributed by atoms with Crippen LogP contribution in [0.25, 0.3) is 0 Å². The van der Waals surface area contributed by atoms with Crippen molar-refractivity contribution in [2.24, 2.45) is 0 Å². The number of hydrogen-bond donors (Lipinski definition) is 0. The summed E-state index contributed by atoms with van der Waals surface area (Å²) >= 11 is -2.00. The van der Waals surface area contributed by atoms with Gasteiger partial charge in [0.05, 0.1) is 0 Å². The van der Waals surface area contributed by atoms with Crippen molar-refractivity contribution >= 4 is 51.4 Å². The van der Waals surface area contributed by atoms with Gasteiger partial charge in [-0.25, -0.2) is 0 Å². The summed E-state index contributed by atoms with van der Waals surface area (Å²) < 4.78 is 17.0. The molecule has 0 N–H and O–H groups in total. The maximum absolute atomic E-state index is 8.50. The van der Waals surface area contributed by atoms with Gasteiger partial charge in [-0.1, -0.05) is 0 Å². The molecular weight excluding hydrogens is 119 g/mol. The van der Waals surface area contributed by atoms with Gasteiger partial charge in [-0.15, -0.1) is 0 Å². The van der Waals surface area contributed by atoms with Gasteiger partial charge in [-0.05, 0) is 0 Å². The second kappa shape index (κ2) is 8.87. The van der Waals surface area contributed by atoms with E-state index < -0.39 is 19.1 Å². The molecule has 0 radical (unpaired) electrons. The summed E-state index contributed by atoms with van der Waals surface area (Å²) in [5.41, 5.74) is 0. The van der Waals surface area contributed by atoms with Gasteiger partial charge < -0.3 is 0 Å². The van der Waals surface area contributed by atoms with E-state index in [-0.39, 0.29) is 51.4 Å². The minimum atomic E-state index is -2.00. The predicted molar refractivity (Wildman–Crippen MR) is 8.52 cm³/mol. The molecule has 0 atom stereocenters. The molecule has 0 rings (SSSR count). The Morgan fingerprint density at radius 2 is 1.25 bits per heavy atom. The van der Waals surface area contributed by atoms with Gasteiger partial charge in [0, 0.05) is 0 Å². The Bertz CT molecular complexity index is 27.0. The molecule has 0 aromatic rings. The van der Waals surface area contributed by atoms with Crippen molar-refractivity contribution in [1.82, 2.24) is 0 Å². The average molecular weight is 120 g/mol. The summed E-state index contributed by atoms with van der Waals surface area (Å²) in [5.74, 6) is 0. The van der Waals surface area contributed by atoms with E-state index in [1.165, 1.54) is 0 Å². The first-order valence-electron chi connectivity index (χ1n) is 0.408. The fourth-order valence-electron chi connectivity index (χ4n) is 0. The standard InChI is InChI=1S/K.2O.Ti.H. The van der Waals surface area contributed by atoms with Gasteiger partial charge in [-0.3, -0.25) is 0 Å². The maximum atomic E-state index is 8.50. The molecule has 0 spiro atoms. The molecule has 0 aromatic carbocycles. The van der Waals surface area contributed by atoms with Crippen molar-refractivity contribution in [2.45, 2.75) is 0 Å². The summed E-state index contributed by atoms with van der Waals surface area (Å²) in [4.78, 5) is 0. The van der Waals surface area contributed by atoms with Crippen molar-refractivity contribution in [3.05, 3.63) is 0 Å². The molecule has 0 bridgehead atoms. The Morgan fingerprint density at radius 3 is 1.25 bits per heavy atom. The molecule has 18 valence electrons. The van der Waals surface area contributed by atoms with Crippen LogP contribution in [0.1, 0.15) is 0 Å². The summed E-state index contributed by atoms with van der Waals surface area (Å²) in [6, 6.07) is 0. The molecule has 4 heavy (non-hydrogen) atoms. The van der Waals surface area contributed by atoms with Gasteiger partial charge in [0.1, 0.15) is 0 Å². The number of hydrogen-bond acceptors (Lipinski definition) is 2. The minimum absolute atomic E-state index is 0. The zero-order valence-corrected chi connectivity index (χ0v) is 2.88. The fourth-order valence-corrected chi connectivity index (χ4v) is 0. The number of rotatable bonds is 0. The van der Waals surface area contributed by atoms with Gasteiger partial charge >= 0.3 is 77.1 Å². The van der Waals surface area contributed by atoms with Crippen LogP contribution in [0.2, 0.25) is 0 Å². The summed E-state index contributed by atoms with van der Waals surface area (Å²) in [6.07, 6.45) is 0. The van der Waals surface area contributed by atoms with E-state index in [4.69, 9.17) is 6.65 Å². The molecule has 0 heterocycles. The Morgan fingerprint density at radius 1 is 1.25 bits per heavy atom. The first kappa shape index (κ1) is 9.34. The third-order valence-corrected chi connectivity index (χ3v) is 0. The van der Waals surface area contributed by atoms with Crippen LogP contribution in [0.3, 0.4) is 0 Å². The third kappa shape index (κ3) is 9.04. The van der Waals surface area contributed by atoms with E-state index in [2.05, 4.69) is 0 Å². The molecule has 0 aliphatic carbocycles. The summed E-state index contributed by atoms with van der Waals surface area (Å²) in [7, 11) is 0. The van der Waals surface area contributed by atoms with Crippen LogP contribution in [0.15, 0.2) is 0 Å². The Balaban J connectivity index is 0. The Hall–Kier alpha value is 1.95. The predicted octanol–water partition coefficient (Wildman–Crippen LogP) is -0.889. The molecule has 0 aliphatic rings. The van der Waals surface area contributed by atoms with Crippen molar-refractivity contribution in [1.29, 1.82) is 0 Å². The summed E-state index contributed by atoms with van der Waals surface area (Å²) in [6.45, 7) is 0. The van der Waals surface area contributed by atoms with Crippen LogP contribution in [0, 0.1) is 0 Å². The molecule has 0 saturated heterocycles. The first-order valence-corrected chi connectivity index (χ1v) is 1.68. The molecule has 0 amide bonds. The normalized spacial score (nSPS) is 2.00. The van der Waals surface area contributed by atoms with Crippen molar-refractivity contribution in [3.8, 4) is 0 Å². The van der Waals surface area contributed by atoms with Gasteiger partial charge in [0.15, 0.2) is 0 Å². The van der Waals surface area contributed by atoms with E-state index in [1.807, 2.05) is 0 Å². The molecule has 0 aliphatic heterocycles. The SMILES string of the molecule is [KH].[O]=[Ti]=[O]. The van der Waals surface area contributed by atoms with Crippen LogP contribution < -0.4 is 0 Å². The zero-order valence-electron chi connectivity index (χ0n) is 1.32. The molecule has 4 heteroatoms. The molecule has 0 fully saturated rings. The Labute approximate surface area is 75.3 Å². The van der Waals surface area contributed by atoms with Gasteiger partial charge in [0.2, 0.25) is 0 Å². The molecule has 2 nitrogen and oxygen atoms in total. The first-order chi connectivity index (χ1) is 1.41. The van der Waals surface area contributed by atoms with Crippen molar-refractivity contribution in [2.75, 3.05) is 0 Å². The molecule has 0 aromatic heterocycles. The Kier molecular flexibility index (Phi) is 20.7. The second-order valence-electron chi connectivity index (χ2n) is 0.0833. The second-order valence-corrected chi connectivity index (χ2v) is 0.344. The van der Waals surface area contributed by atoms with Gasteiger partial charge in [0.25, 0.3) is 0 Å². The van der Waals surface area contributed by atoms with E-state index in [1.54, 1.807) is 0 Å². The quantitative estimate of drug-likeness (QED) is 0.388. The fraction of sp³-hybridized carbons (Fsp3) is 0. The zero-order chi connectivity index (χ0) is 2.71. The molecule has 0 saturated carbocycles. The molecular formula is HKO2Ti. The van der Waals surface area contributed by atoms with Crippen molar-refractivity contribution in [3.63, 3.8) is 0 Å². The monoisotopic (exact) mass is 120 g/mol. The van der Waals surface area contributed by atoms with E-state index in [0.29, 0.717) is 0 Å². The van der Waals surface area contributed by atoms with E-state index in [0.717, 1.165) is 0 Å².